The maximum Gasteiger partial charge on any atom is 0.168 e. The predicted octanol–water partition coefficient (Wildman–Crippen LogP) is 1.55. The lowest BCUT2D eigenvalue weighted by molar-refractivity contribution is 0.118. The molecule has 2 aromatic rings. The van der Waals surface area contributed by atoms with Crippen LogP contribution in [0.25, 0.3) is 10.9 Å². The predicted molar refractivity (Wildman–Crippen MR) is 59.7 cm³/mol. The topological polar surface area (TPSA) is 37.2 Å². The zero-order valence-electron chi connectivity index (χ0n) is 9.24. The Bertz CT molecular complexity index is 594. The summed E-state index contributed by atoms with van der Waals surface area (Å²) in [4.78, 5) is 0. The first kappa shape index (κ1) is 10.7. The van der Waals surface area contributed by atoms with Gasteiger partial charge in [-0.25, -0.2) is 8.78 Å². The first-order valence-electron chi connectivity index (χ1n) is 5.45. The summed E-state index contributed by atoms with van der Waals surface area (Å²) in [5, 5.41) is 13.3. The van der Waals surface area contributed by atoms with Crippen LogP contribution in [0, 0.1) is 11.6 Å². The molecule has 0 radical (unpaired) electrons. The normalized spacial score (nSPS) is 23.3. The van der Waals surface area contributed by atoms with Gasteiger partial charge in [0.15, 0.2) is 11.6 Å². The average molecular weight is 238 g/mol. The van der Waals surface area contributed by atoms with Gasteiger partial charge in [-0.1, -0.05) is 0 Å². The molecule has 0 aliphatic carbocycles. The summed E-state index contributed by atoms with van der Waals surface area (Å²) in [6, 6.07) is 2.44. The molecule has 2 atom stereocenters. The van der Waals surface area contributed by atoms with Crippen molar-refractivity contribution >= 4 is 10.9 Å². The molecule has 3 rings (SSSR count). The Kier molecular flexibility index (Phi) is 2.21. The SMILES string of the molecule is CNC1Cn2ccc3c(F)c(F)cc(c32)C1O. The van der Waals surface area contributed by atoms with Gasteiger partial charge in [-0.15, -0.1) is 0 Å². The van der Waals surface area contributed by atoms with E-state index in [9.17, 15) is 13.9 Å². The summed E-state index contributed by atoms with van der Waals surface area (Å²) in [7, 11) is 1.74. The highest BCUT2D eigenvalue weighted by atomic mass is 19.2. The number of aliphatic hydroxyl groups is 1. The number of likely N-dealkylation sites (N-methyl/N-ethyl adjacent to an activating group) is 1. The van der Waals surface area contributed by atoms with Crippen LogP contribution in [0.4, 0.5) is 8.78 Å². The van der Waals surface area contributed by atoms with Gasteiger partial charge in [0.1, 0.15) is 0 Å². The van der Waals surface area contributed by atoms with Crippen molar-refractivity contribution in [1.82, 2.24) is 9.88 Å². The summed E-state index contributed by atoms with van der Waals surface area (Å²) in [5.41, 5.74) is 1.03. The molecule has 2 heterocycles. The molecule has 1 aromatic carbocycles. The van der Waals surface area contributed by atoms with E-state index in [2.05, 4.69) is 5.32 Å². The van der Waals surface area contributed by atoms with Crippen LogP contribution >= 0.6 is 0 Å². The van der Waals surface area contributed by atoms with Crippen molar-refractivity contribution in [2.24, 2.45) is 0 Å². The van der Waals surface area contributed by atoms with Gasteiger partial charge in [-0.2, -0.15) is 0 Å². The summed E-state index contributed by atoms with van der Waals surface area (Å²) in [5.74, 6) is -1.77. The molecule has 1 aliphatic rings. The molecule has 3 nitrogen and oxygen atoms in total. The number of nitrogens with zero attached hydrogens (tertiary/aromatic N) is 1. The van der Waals surface area contributed by atoms with E-state index in [0.29, 0.717) is 17.6 Å². The largest absolute Gasteiger partial charge is 0.387 e. The second kappa shape index (κ2) is 3.51. The van der Waals surface area contributed by atoms with Crippen LogP contribution in [0.5, 0.6) is 0 Å². The zero-order chi connectivity index (χ0) is 12.2. The van der Waals surface area contributed by atoms with Gasteiger partial charge in [-0.3, -0.25) is 0 Å². The van der Waals surface area contributed by atoms with E-state index in [-0.39, 0.29) is 11.4 Å². The molecular weight excluding hydrogens is 226 g/mol. The average Bonchev–Trinajstić information content (AvgIpc) is 2.74. The monoisotopic (exact) mass is 238 g/mol. The number of benzene rings is 1. The van der Waals surface area contributed by atoms with Crippen molar-refractivity contribution in [3.8, 4) is 0 Å². The minimum atomic E-state index is -0.916. The fraction of sp³-hybridized carbons (Fsp3) is 0.333. The molecule has 0 bridgehead atoms. The van der Waals surface area contributed by atoms with E-state index in [0.717, 1.165) is 6.07 Å². The van der Waals surface area contributed by atoms with Crippen LogP contribution in [0.2, 0.25) is 0 Å². The molecular formula is C12H12F2N2O. The summed E-state index contributed by atoms with van der Waals surface area (Å²) in [6.07, 6.45) is 0.896. The Morgan fingerprint density at radius 3 is 2.94 bits per heavy atom. The third-order valence-corrected chi connectivity index (χ3v) is 3.43. The second-order valence-electron chi connectivity index (χ2n) is 4.33. The van der Waals surface area contributed by atoms with Crippen LogP contribution in [-0.4, -0.2) is 22.8 Å². The van der Waals surface area contributed by atoms with E-state index >= 15 is 0 Å². The van der Waals surface area contributed by atoms with Gasteiger partial charge in [0, 0.05) is 23.7 Å². The van der Waals surface area contributed by atoms with Crippen molar-refractivity contribution in [1.29, 1.82) is 0 Å². The summed E-state index contributed by atoms with van der Waals surface area (Å²) in [6.45, 7) is 0.541. The van der Waals surface area contributed by atoms with E-state index in [1.54, 1.807) is 19.3 Å². The fourth-order valence-corrected chi connectivity index (χ4v) is 2.52. The Morgan fingerprint density at radius 2 is 2.24 bits per heavy atom. The lowest BCUT2D eigenvalue weighted by atomic mass is 9.96. The van der Waals surface area contributed by atoms with Gasteiger partial charge in [0.25, 0.3) is 0 Å². The molecule has 2 N–H and O–H groups in total. The molecule has 0 saturated carbocycles. The maximum absolute atomic E-state index is 13.6. The third-order valence-electron chi connectivity index (χ3n) is 3.43. The lowest BCUT2D eigenvalue weighted by Gasteiger charge is -2.29. The smallest absolute Gasteiger partial charge is 0.168 e. The van der Waals surface area contributed by atoms with Gasteiger partial charge in [-0.05, 0) is 19.2 Å². The number of halogens is 2. The molecule has 17 heavy (non-hydrogen) atoms. The Hall–Kier alpha value is -1.46. The van der Waals surface area contributed by atoms with Crippen molar-refractivity contribution < 1.29 is 13.9 Å². The third kappa shape index (κ3) is 1.33. The molecule has 1 aromatic heterocycles. The number of hydrogen-bond donors (Lipinski definition) is 2. The number of aliphatic hydroxyl groups excluding tert-OH is 1. The number of nitrogens with one attached hydrogen (secondary N) is 1. The van der Waals surface area contributed by atoms with E-state index in [1.807, 2.05) is 4.57 Å². The standard InChI is InChI=1S/C12H12F2N2O/c1-15-9-5-16-3-2-6-10(14)8(13)4-7(11(6)16)12(9)17/h2-4,9,12,15,17H,5H2,1H3. The Labute approximate surface area is 96.7 Å². The quantitative estimate of drug-likeness (QED) is 0.791. The number of rotatable bonds is 1. The summed E-state index contributed by atoms with van der Waals surface area (Å²) < 4.78 is 28.8. The minimum absolute atomic E-state index is 0.192. The molecule has 90 valence electrons. The van der Waals surface area contributed by atoms with E-state index < -0.39 is 17.7 Å². The van der Waals surface area contributed by atoms with E-state index in [4.69, 9.17) is 0 Å². The van der Waals surface area contributed by atoms with Crippen LogP contribution in [0.3, 0.4) is 0 Å². The van der Waals surface area contributed by atoms with Crippen molar-refractivity contribution in [3.05, 3.63) is 35.5 Å². The first-order chi connectivity index (χ1) is 8.13. The van der Waals surface area contributed by atoms with Crippen LogP contribution in [0.15, 0.2) is 18.3 Å². The zero-order valence-corrected chi connectivity index (χ0v) is 9.24. The highest BCUT2D eigenvalue weighted by Gasteiger charge is 2.30. The van der Waals surface area contributed by atoms with Crippen molar-refractivity contribution in [2.75, 3.05) is 7.05 Å². The molecule has 1 aliphatic heterocycles. The molecule has 5 heteroatoms. The minimum Gasteiger partial charge on any atom is -0.387 e. The Morgan fingerprint density at radius 1 is 1.47 bits per heavy atom. The van der Waals surface area contributed by atoms with Crippen LogP contribution < -0.4 is 5.32 Å². The molecule has 0 spiro atoms. The molecule has 2 unspecified atom stereocenters. The van der Waals surface area contributed by atoms with Crippen LogP contribution in [-0.2, 0) is 6.54 Å². The van der Waals surface area contributed by atoms with Crippen LogP contribution in [0.1, 0.15) is 11.7 Å². The van der Waals surface area contributed by atoms with Gasteiger partial charge < -0.3 is 15.0 Å². The Balaban J connectivity index is 2.34. The fourth-order valence-electron chi connectivity index (χ4n) is 2.52. The van der Waals surface area contributed by atoms with Gasteiger partial charge >= 0.3 is 0 Å². The van der Waals surface area contributed by atoms with Crippen molar-refractivity contribution in [3.63, 3.8) is 0 Å². The lowest BCUT2D eigenvalue weighted by Crippen LogP contribution is -2.39. The second-order valence-corrected chi connectivity index (χ2v) is 4.33. The maximum atomic E-state index is 13.6. The molecule has 0 fully saturated rings. The first-order valence-corrected chi connectivity index (χ1v) is 5.45. The molecule has 0 saturated heterocycles. The highest BCUT2D eigenvalue weighted by Crippen LogP contribution is 2.34. The van der Waals surface area contributed by atoms with E-state index in [1.165, 1.54) is 0 Å². The number of hydrogen-bond acceptors (Lipinski definition) is 2. The summed E-state index contributed by atoms with van der Waals surface area (Å²) >= 11 is 0. The van der Waals surface area contributed by atoms with Gasteiger partial charge in [0.05, 0.1) is 17.7 Å². The highest BCUT2D eigenvalue weighted by molar-refractivity contribution is 5.85. The molecule has 0 amide bonds. The van der Waals surface area contributed by atoms with Crippen molar-refractivity contribution in [2.45, 2.75) is 18.7 Å². The number of aromatic nitrogens is 1. The van der Waals surface area contributed by atoms with Gasteiger partial charge in [0.2, 0.25) is 0 Å².